The summed E-state index contributed by atoms with van der Waals surface area (Å²) in [4.78, 5) is 16.1. The molecule has 0 saturated heterocycles. The maximum atomic E-state index is 12.2. The standard InChI is InChI=1S/C17H17N5O3S/c23-17(8-10-26(24,25)16-6-2-1-3-7-16)19-11-14-13-22(21-20-14)15-5-4-9-18-12-15/h1-7,9,12-13H,8,10-11H2,(H,19,23). The maximum absolute atomic E-state index is 12.2. The molecule has 3 rings (SSSR count). The number of amides is 1. The fourth-order valence-corrected chi connectivity index (χ4v) is 3.51. The van der Waals surface area contributed by atoms with Gasteiger partial charge in [-0.3, -0.25) is 9.78 Å². The van der Waals surface area contributed by atoms with E-state index in [1.54, 1.807) is 47.5 Å². The summed E-state index contributed by atoms with van der Waals surface area (Å²) >= 11 is 0. The lowest BCUT2D eigenvalue weighted by Crippen LogP contribution is -2.25. The quantitative estimate of drug-likeness (QED) is 0.667. The highest BCUT2D eigenvalue weighted by Crippen LogP contribution is 2.11. The Kier molecular flexibility index (Phi) is 5.37. The third kappa shape index (κ3) is 4.51. The molecule has 1 N–H and O–H groups in total. The number of nitrogens with one attached hydrogen (secondary N) is 1. The molecule has 26 heavy (non-hydrogen) atoms. The van der Waals surface area contributed by atoms with E-state index in [4.69, 9.17) is 0 Å². The minimum Gasteiger partial charge on any atom is -0.350 e. The summed E-state index contributed by atoms with van der Waals surface area (Å²) in [6.45, 7) is 0.171. The van der Waals surface area contributed by atoms with Crippen LogP contribution in [-0.2, 0) is 21.2 Å². The van der Waals surface area contributed by atoms with Gasteiger partial charge in [-0.05, 0) is 24.3 Å². The van der Waals surface area contributed by atoms with Gasteiger partial charge in [0, 0.05) is 12.6 Å². The molecule has 2 heterocycles. The molecule has 0 spiro atoms. The number of carbonyl (C=O) groups is 1. The minimum atomic E-state index is -3.47. The monoisotopic (exact) mass is 371 g/mol. The molecule has 0 bridgehead atoms. The Morgan fingerprint density at radius 1 is 1.12 bits per heavy atom. The molecule has 0 aliphatic rings. The molecule has 0 radical (unpaired) electrons. The highest BCUT2D eigenvalue weighted by Gasteiger charge is 2.16. The molecule has 2 aromatic heterocycles. The molecule has 1 amide bonds. The summed E-state index contributed by atoms with van der Waals surface area (Å²) in [7, 11) is -3.47. The average Bonchev–Trinajstić information content (AvgIpc) is 3.15. The normalized spacial score (nSPS) is 11.2. The average molecular weight is 371 g/mol. The van der Waals surface area contributed by atoms with E-state index in [9.17, 15) is 13.2 Å². The van der Waals surface area contributed by atoms with Crippen molar-refractivity contribution in [3.8, 4) is 5.69 Å². The van der Waals surface area contributed by atoms with Gasteiger partial charge in [0.05, 0.1) is 35.3 Å². The van der Waals surface area contributed by atoms with Crippen molar-refractivity contribution < 1.29 is 13.2 Å². The van der Waals surface area contributed by atoms with Crippen LogP contribution in [0.4, 0.5) is 0 Å². The predicted octanol–water partition coefficient (Wildman–Crippen LogP) is 1.14. The molecule has 9 heteroatoms. The second-order valence-electron chi connectivity index (χ2n) is 5.52. The van der Waals surface area contributed by atoms with Crippen molar-refractivity contribution in [3.05, 3.63) is 66.7 Å². The Labute approximate surface area is 150 Å². The first kappa shape index (κ1) is 17.7. The van der Waals surface area contributed by atoms with Crippen LogP contribution in [0.1, 0.15) is 12.1 Å². The number of hydrogen-bond donors (Lipinski definition) is 1. The van der Waals surface area contributed by atoms with Crippen LogP contribution in [0.15, 0.2) is 66.0 Å². The van der Waals surface area contributed by atoms with Crippen molar-refractivity contribution in [2.24, 2.45) is 0 Å². The molecule has 8 nitrogen and oxygen atoms in total. The van der Waals surface area contributed by atoms with Gasteiger partial charge in [0.2, 0.25) is 5.91 Å². The summed E-state index contributed by atoms with van der Waals surface area (Å²) in [5, 5.41) is 10.6. The van der Waals surface area contributed by atoms with Crippen LogP contribution in [0.5, 0.6) is 0 Å². The molecular weight excluding hydrogens is 354 g/mol. The second kappa shape index (κ2) is 7.87. The van der Waals surface area contributed by atoms with Crippen molar-refractivity contribution in [2.75, 3.05) is 5.75 Å². The zero-order valence-corrected chi connectivity index (χ0v) is 14.6. The number of carbonyl (C=O) groups excluding carboxylic acids is 1. The molecule has 3 aromatic rings. The summed E-state index contributed by atoms with van der Waals surface area (Å²) in [5.41, 5.74) is 1.32. The highest BCUT2D eigenvalue weighted by atomic mass is 32.2. The molecular formula is C17H17N5O3S. The Hall–Kier alpha value is -3.07. The number of nitrogens with zero attached hydrogens (tertiary/aromatic N) is 4. The second-order valence-corrected chi connectivity index (χ2v) is 7.63. The SMILES string of the molecule is O=C(CCS(=O)(=O)c1ccccc1)NCc1cn(-c2cccnc2)nn1. The Morgan fingerprint density at radius 3 is 2.65 bits per heavy atom. The summed E-state index contributed by atoms with van der Waals surface area (Å²) in [6, 6.07) is 11.7. The van der Waals surface area contributed by atoms with Crippen molar-refractivity contribution in [3.63, 3.8) is 0 Å². The topological polar surface area (TPSA) is 107 Å². The zero-order chi connectivity index (χ0) is 18.4. The van der Waals surface area contributed by atoms with Gasteiger partial charge in [-0.15, -0.1) is 5.10 Å². The van der Waals surface area contributed by atoms with E-state index in [0.717, 1.165) is 5.69 Å². The zero-order valence-electron chi connectivity index (χ0n) is 13.8. The smallest absolute Gasteiger partial charge is 0.221 e. The van der Waals surface area contributed by atoms with E-state index in [-0.39, 0.29) is 29.5 Å². The molecule has 0 unspecified atom stereocenters. The Balaban J connectivity index is 1.51. The Bertz CT molecular complexity index is 972. The van der Waals surface area contributed by atoms with Crippen molar-refractivity contribution in [1.82, 2.24) is 25.3 Å². The van der Waals surface area contributed by atoms with Gasteiger partial charge in [-0.1, -0.05) is 23.4 Å². The van der Waals surface area contributed by atoms with E-state index in [0.29, 0.717) is 5.69 Å². The molecule has 0 aliphatic heterocycles. The van der Waals surface area contributed by atoms with Crippen LogP contribution in [0.3, 0.4) is 0 Å². The van der Waals surface area contributed by atoms with Gasteiger partial charge in [-0.2, -0.15) is 0 Å². The van der Waals surface area contributed by atoms with Crippen molar-refractivity contribution >= 4 is 15.7 Å². The lowest BCUT2D eigenvalue weighted by Gasteiger charge is -2.05. The van der Waals surface area contributed by atoms with Gasteiger partial charge >= 0.3 is 0 Å². The summed E-state index contributed by atoms with van der Waals surface area (Å²) in [6.07, 6.45) is 4.86. The number of rotatable bonds is 7. The first-order chi connectivity index (χ1) is 12.5. The predicted molar refractivity (Wildman–Crippen MR) is 94.1 cm³/mol. The molecule has 0 aliphatic carbocycles. The fraction of sp³-hybridized carbons (Fsp3) is 0.176. The lowest BCUT2D eigenvalue weighted by molar-refractivity contribution is -0.120. The summed E-state index contributed by atoms with van der Waals surface area (Å²) < 4.78 is 25.9. The molecule has 0 saturated carbocycles. The van der Waals surface area contributed by atoms with E-state index >= 15 is 0 Å². The maximum Gasteiger partial charge on any atom is 0.221 e. The number of benzene rings is 1. The minimum absolute atomic E-state index is 0.117. The van der Waals surface area contributed by atoms with Crippen LogP contribution >= 0.6 is 0 Å². The number of sulfone groups is 1. The molecule has 1 aromatic carbocycles. The first-order valence-corrected chi connectivity index (χ1v) is 9.56. The van der Waals surface area contributed by atoms with Crippen LogP contribution in [0.2, 0.25) is 0 Å². The van der Waals surface area contributed by atoms with Crippen LogP contribution in [-0.4, -0.2) is 40.1 Å². The number of aromatic nitrogens is 4. The van der Waals surface area contributed by atoms with E-state index < -0.39 is 9.84 Å². The third-order valence-corrected chi connectivity index (χ3v) is 5.35. The van der Waals surface area contributed by atoms with Gasteiger partial charge in [-0.25, -0.2) is 13.1 Å². The largest absolute Gasteiger partial charge is 0.350 e. The highest BCUT2D eigenvalue weighted by molar-refractivity contribution is 7.91. The third-order valence-electron chi connectivity index (χ3n) is 3.62. The van der Waals surface area contributed by atoms with Gasteiger partial charge in [0.15, 0.2) is 9.84 Å². The van der Waals surface area contributed by atoms with Gasteiger partial charge in [0.25, 0.3) is 0 Å². The summed E-state index contributed by atoms with van der Waals surface area (Å²) in [5.74, 6) is -0.606. The van der Waals surface area contributed by atoms with E-state index in [1.165, 1.54) is 12.1 Å². The molecule has 0 fully saturated rings. The van der Waals surface area contributed by atoms with Gasteiger partial charge in [0.1, 0.15) is 5.69 Å². The molecule has 0 atom stereocenters. The lowest BCUT2D eigenvalue weighted by atomic mass is 10.4. The molecule has 134 valence electrons. The number of hydrogen-bond acceptors (Lipinski definition) is 6. The fourth-order valence-electron chi connectivity index (χ4n) is 2.25. The van der Waals surface area contributed by atoms with Crippen LogP contribution < -0.4 is 5.32 Å². The van der Waals surface area contributed by atoms with E-state index in [1.807, 2.05) is 6.07 Å². The number of pyridine rings is 1. The van der Waals surface area contributed by atoms with E-state index in [2.05, 4.69) is 20.6 Å². The van der Waals surface area contributed by atoms with Gasteiger partial charge < -0.3 is 5.32 Å². The van der Waals surface area contributed by atoms with Crippen molar-refractivity contribution in [1.29, 1.82) is 0 Å². The van der Waals surface area contributed by atoms with Crippen molar-refractivity contribution in [2.45, 2.75) is 17.9 Å². The first-order valence-electron chi connectivity index (χ1n) is 7.91. The van der Waals surface area contributed by atoms with Crippen LogP contribution in [0, 0.1) is 0 Å². The Morgan fingerprint density at radius 2 is 1.92 bits per heavy atom. The van der Waals surface area contributed by atoms with Crippen LogP contribution in [0.25, 0.3) is 5.69 Å².